The average molecular weight is 161 g/mol. The predicted octanol–water partition coefficient (Wildman–Crippen LogP) is 0.383. The van der Waals surface area contributed by atoms with E-state index in [1.807, 2.05) is 0 Å². The van der Waals surface area contributed by atoms with Crippen molar-refractivity contribution in [1.29, 1.82) is 0 Å². The molecule has 0 heterocycles. The van der Waals surface area contributed by atoms with E-state index in [-0.39, 0.29) is 12.6 Å². The zero-order valence-corrected chi connectivity index (χ0v) is 7.47. The quantitative estimate of drug-likeness (QED) is 0.530. The van der Waals surface area contributed by atoms with Gasteiger partial charge in [0.05, 0.1) is 6.61 Å². The number of methoxy groups -OCH3 is 1. The predicted molar refractivity (Wildman–Crippen MR) is 45.7 cm³/mol. The lowest BCUT2D eigenvalue weighted by Crippen LogP contribution is -2.32. The van der Waals surface area contributed by atoms with E-state index in [4.69, 9.17) is 9.84 Å². The van der Waals surface area contributed by atoms with Gasteiger partial charge < -0.3 is 15.2 Å². The molecule has 0 aliphatic rings. The Morgan fingerprint density at radius 2 is 2.27 bits per heavy atom. The van der Waals surface area contributed by atoms with Gasteiger partial charge in [0, 0.05) is 19.8 Å². The highest BCUT2D eigenvalue weighted by molar-refractivity contribution is 4.61. The highest BCUT2D eigenvalue weighted by atomic mass is 16.5. The number of aliphatic hydroxyl groups is 1. The van der Waals surface area contributed by atoms with Crippen LogP contribution >= 0.6 is 0 Å². The van der Waals surface area contributed by atoms with Gasteiger partial charge in [-0.05, 0) is 19.4 Å². The summed E-state index contributed by atoms with van der Waals surface area (Å²) in [4.78, 5) is 0. The lowest BCUT2D eigenvalue weighted by atomic mass is 10.2. The summed E-state index contributed by atoms with van der Waals surface area (Å²) >= 11 is 0. The van der Waals surface area contributed by atoms with E-state index in [1.165, 1.54) is 0 Å². The SMILES string of the molecule is CCC(CO)NCCCOC. The molecule has 0 saturated carbocycles. The number of aliphatic hydroxyl groups excluding tert-OH is 1. The van der Waals surface area contributed by atoms with E-state index in [2.05, 4.69) is 12.2 Å². The molecule has 0 aromatic carbocycles. The van der Waals surface area contributed by atoms with Crippen molar-refractivity contribution in [2.75, 3.05) is 26.9 Å². The topological polar surface area (TPSA) is 41.5 Å². The van der Waals surface area contributed by atoms with E-state index < -0.39 is 0 Å². The molecule has 0 rings (SSSR count). The number of ether oxygens (including phenoxy) is 1. The molecule has 0 radical (unpaired) electrons. The third-order valence-electron chi connectivity index (χ3n) is 1.67. The molecule has 1 atom stereocenters. The first kappa shape index (κ1) is 10.9. The van der Waals surface area contributed by atoms with Gasteiger partial charge in [0.1, 0.15) is 0 Å². The Morgan fingerprint density at radius 1 is 1.55 bits per heavy atom. The molecule has 0 spiro atoms. The van der Waals surface area contributed by atoms with Gasteiger partial charge in [-0.15, -0.1) is 0 Å². The van der Waals surface area contributed by atoms with E-state index in [0.29, 0.717) is 0 Å². The summed E-state index contributed by atoms with van der Waals surface area (Å²) in [5.74, 6) is 0. The highest BCUT2D eigenvalue weighted by Crippen LogP contribution is 1.88. The maximum absolute atomic E-state index is 8.79. The monoisotopic (exact) mass is 161 g/mol. The Balaban J connectivity index is 3.07. The Labute approximate surface area is 68.8 Å². The molecule has 0 aromatic rings. The largest absolute Gasteiger partial charge is 0.395 e. The van der Waals surface area contributed by atoms with Gasteiger partial charge in [0.15, 0.2) is 0 Å². The van der Waals surface area contributed by atoms with Crippen molar-refractivity contribution in [2.45, 2.75) is 25.8 Å². The Morgan fingerprint density at radius 3 is 2.73 bits per heavy atom. The van der Waals surface area contributed by atoms with Crippen molar-refractivity contribution in [3.8, 4) is 0 Å². The summed E-state index contributed by atoms with van der Waals surface area (Å²) in [6.45, 7) is 4.00. The van der Waals surface area contributed by atoms with Crippen molar-refractivity contribution >= 4 is 0 Å². The van der Waals surface area contributed by atoms with E-state index >= 15 is 0 Å². The molecule has 68 valence electrons. The second-order valence-corrected chi connectivity index (χ2v) is 2.59. The minimum atomic E-state index is 0.226. The van der Waals surface area contributed by atoms with Crippen LogP contribution in [0.1, 0.15) is 19.8 Å². The van der Waals surface area contributed by atoms with Crippen LogP contribution < -0.4 is 5.32 Å². The average Bonchev–Trinajstić information content (AvgIpc) is 2.05. The van der Waals surface area contributed by atoms with Crippen LogP contribution in [0, 0.1) is 0 Å². The molecule has 0 aromatic heterocycles. The summed E-state index contributed by atoms with van der Waals surface area (Å²) in [6, 6.07) is 0.256. The van der Waals surface area contributed by atoms with Crippen molar-refractivity contribution < 1.29 is 9.84 Å². The third-order valence-corrected chi connectivity index (χ3v) is 1.67. The van der Waals surface area contributed by atoms with Crippen LogP contribution in [0.15, 0.2) is 0 Å². The van der Waals surface area contributed by atoms with Gasteiger partial charge >= 0.3 is 0 Å². The summed E-state index contributed by atoms with van der Waals surface area (Å²) in [5, 5.41) is 12.0. The van der Waals surface area contributed by atoms with Crippen LogP contribution in [0.25, 0.3) is 0 Å². The van der Waals surface area contributed by atoms with Gasteiger partial charge in [-0.1, -0.05) is 6.92 Å². The Bertz CT molecular complexity index is 74.5. The first-order valence-electron chi connectivity index (χ1n) is 4.18. The summed E-state index contributed by atoms with van der Waals surface area (Å²) in [5.41, 5.74) is 0. The van der Waals surface area contributed by atoms with Gasteiger partial charge in [0.2, 0.25) is 0 Å². The second kappa shape index (κ2) is 7.98. The number of hydrogen-bond acceptors (Lipinski definition) is 3. The fraction of sp³-hybridized carbons (Fsp3) is 1.00. The number of rotatable bonds is 7. The third kappa shape index (κ3) is 6.28. The first-order valence-corrected chi connectivity index (χ1v) is 4.18. The molecular formula is C8H19NO2. The molecular weight excluding hydrogens is 142 g/mol. The van der Waals surface area contributed by atoms with Crippen LogP contribution in [0.4, 0.5) is 0 Å². The molecule has 2 N–H and O–H groups in total. The van der Waals surface area contributed by atoms with Crippen LogP contribution in [-0.4, -0.2) is 38.0 Å². The normalized spacial score (nSPS) is 13.4. The Kier molecular flexibility index (Phi) is 7.89. The molecule has 3 nitrogen and oxygen atoms in total. The van der Waals surface area contributed by atoms with E-state index in [9.17, 15) is 0 Å². The van der Waals surface area contributed by atoms with Gasteiger partial charge in [-0.2, -0.15) is 0 Å². The lowest BCUT2D eigenvalue weighted by molar-refractivity contribution is 0.188. The fourth-order valence-electron chi connectivity index (χ4n) is 0.861. The van der Waals surface area contributed by atoms with Crippen molar-refractivity contribution in [3.05, 3.63) is 0 Å². The summed E-state index contributed by atoms with van der Waals surface area (Å²) in [7, 11) is 1.70. The molecule has 0 bridgehead atoms. The van der Waals surface area contributed by atoms with E-state index in [0.717, 1.165) is 26.0 Å². The second-order valence-electron chi connectivity index (χ2n) is 2.59. The van der Waals surface area contributed by atoms with Crippen LogP contribution in [0.5, 0.6) is 0 Å². The van der Waals surface area contributed by atoms with Crippen LogP contribution in [0.3, 0.4) is 0 Å². The van der Waals surface area contributed by atoms with Gasteiger partial charge in [-0.3, -0.25) is 0 Å². The summed E-state index contributed by atoms with van der Waals surface area (Å²) < 4.78 is 4.89. The van der Waals surface area contributed by atoms with Gasteiger partial charge in [0.25, 0.3) is 0 Å². The first-order chi connectivity index (χ1) is 5.35. The molecule has 1 unspecified atom stereocenters. The maximum Gasteiger partial charge on any atom is 0.0584 e. The lowest BCUT2D eigenvalue weighted by Gasteiger charge is -2.12. The maximum atomic E-state index is 8.79. The van der Waals surface area contributed by atoms with Crippen molar-refractivity contribution in [2.24, 2.45) is 0 Å². The molecule has 0 saturated heterocycles. The molecule has 3 heteroatoms. The van der Waals surface area contributed by atoms with E-state index in [1.54, 1.807) is 7.11 Å². The molecule has 0 fully saturated rings. The fourth-order valence-corrected chi connectivity index (χ4v) is 0.861. The number of hydrogen-bond donors (Lipinski definition) is 2. The molecule has 0 amide bonds. The van der Waals surface area contributed by atoms with Gasteiger partial charge in [-0.25, -0.2) is 0 Å². The smallest absolute Gasteiger partial charge is 0.0584 e. The molecule has 0 aliphatic heterocycles. The Hall–Kier alpha value is -0.120. The minimum absolute atomic E-state index is 0.226. The van der Waals surface area contributed by atoms with Crippen LogP contribution in [0.2, 0.25) is 0 Å². The standard InChI is InChI=1S/C8H19NO2/c1-3-8(7-10)9-5-4-6-11-2/h8-10H,3-7H2,1-2H3. The van der Waals surface area contributed by atoms with Crippen molar-refractivity contribution in [1.82, 2.24) is 5.32 Å². The molecule has 11 heavy (non-hydrogen) atoms. The minimum Gasteiger partial charge on any atom is -0.395 e. The number of nitrogens with one attached hydrogen (secondary N) is 1. The van der Waals surface area contributed by atoms with Crippen LogP contribution in [-0.2, 0) is 4.74 Å². The molecule has 0 aliphatic carbocycles. The summed E-state index contributed by atoms with van der Waals surface area (Å²) in [6.07, 6.45) is 1.98. The highest BCUT2D eigenvalue weighted by Gasteiger charge is 2.00. The zero-order valence-electron chi connectivity index (χ0n) is 7.47. The van der Waals surface area contributed by atoms with Crippen molar-refractivity contribution in [3.63, 3.8) is 0 Å². The zero-order chi connectivity index (χ0) is 8.53.